The van der Waals surface area contributed by atoms with E-state index in [0.717, 1.165) is 0 Å². The number of likely N-dealkylation sites (tertiary alicyclic amines) is 1. The smallest absolute Gasteiger partial charge is 0.344 e. The maximum atomic E-state index is 12.6. The highest BCUT2D eigenvalue weighted by atomic mass is 16.6. The predicted octanol–water partition coefficient (Wildman–Crippen LogP) is 1.38. The summed E-state index contributed by atoms with van der Waals surface area (Å²) in [7, 11) is 0. The molecular formula is C15H25NO5. The van der Waals surface area contributed by atoms with E-state index >= 15 is 0 Å². The second-order valence-electron chi connectivity index (χ2n) is 5.52. The van der Waals surface area contributed by atoms with E-state index in [-0.39, 0.29) is 31.0 Å². The van der Waals surface area contributed by atoms with Crippen molar-refractivity contribution < 1.29 is 23.9 Å². The second-order valence-corrected chi connectivity index (χ2v) is 5.52. The molecule has 0 aromatic rings. The molecule has 0 aromatic carbocycles. The van der Waals surface area contributed by atoms with Gasteiger partial charge in [-0.2, -0.15) is 0 Å². The molecule has 0 N–H and O–H groups in total. The lowest BCUT2D eigenvalue weighted by Gasteiger charge is -2.38. The zero-order chi connectivity index (χ0) is 16.2. The van der Waals surface area contributed by atoms with Gasteiger partial charge in [0.15, 0.2) is 0 Å². The van der Waals surface area contributed by atoms with Crippen molar-refractivity contribution in [3.05, 3.63) is 0 Å². The Morgan fingerprint density at radius 2 is 1.62 bits per heavy atom. The van der Waals surface area contributed by atoms with Gasteiger partial charge in [0.2, 0.25) is 11.4 Å². The van der Waals surface area contributed by atoms with E-state index < -0.39 is 17.5 Å². The summed E-state index contributed by atoms with van der Waals surface area (Å²) in [6, 6.07) is 0. The van der Waals surface area contributed by atoms with E-state index in [1.165, 1.54) is 11.8 Å². The lowest BCUT2D eigenvalue weighted by molar-refractivity contribution is -0.180. The highest BCUT2D eigenvalue weighted by molar-refractivity contribution is 6.08. The van der Waals surface area contributed by atoms with Crippen LogP contribution in [0.3, 0.4) is 0 Å². The molecule has 1 saturated heterocycles. The summed E-state index contributed by atoms with van der Waals surface area (Å²) in [5.41, 5.74) is -1.65. The first kappa shape index (κ1) is 17.5. The largest absolute Gasteiger partial charge is 0.464 e. The van der Waals surface area contributed by atoms with Gasteiger partial charge in [-0.25, -0.2) is 9.59 Å². The molecular weight excluding hydrogens is 274 g/mol. The fraction of sp³-hybridized carbons (Fsp3) is 0.800. The summed E-state index contributed by atoms with van der Waals surface area (Å²) in [5, 5.41) is 0. The topological polar surface area (TPSA) is 72.9 Å². The monoisotopic (exact) mass is 299 g/mol. The van der Waals surface area contributed by atoms with Crippen LogP contribution in [-0.4, -0.2) is 48.0 Å². The molecule has 6 heteroatoms. The minimum Gasteiger partial charge on any atom is -0.464 e. The van der Waals surface area contributed by atoms with Gasteiger partial charge in [0.25, 0.3) is 0 Å². The Labute approximate surface area is 125 Å². The van der Waals surface area contributed by atoms with Gasteiger partial charge in [0.05, 0.1) is 13.2 Å². The molecule has 0 aromatic heterocycles. The minimum absolute atomic E-state index is 0.0446. The molecule has 120 valence electrons. The van der Waals surface area contributed by atoms with Crippen molar-refractivity contribution in [3.8, 4) is 0 Å². The number of carbonyl (C=O) groups excluding carboxylic acids is 3. The molecule has 1 heterocycles. The molecule has 1 amide bonds. The fourth-order valence-electron chi connectivity index (χ4n) is 3.16. The van der Waals surface area contributed by atoms with Gasteiger partial charge in [-0.1, -0.05) is 13.8 Å². The number of amides is 1. The number of hydrogen-bond acceptors (Lipinski definition) is 5. The maximum absolute atomic E-state index is 12.6. The SMILES string of the molecule is CCOC(=O)C1(C(=O)OCC)[C@@H](C(C)C)CCN1C(C)=O. The van der Waals surface area contributed by atoms with Crippen molar-refractivity contribution >= 4 is 17.8 Å². The van der Waals surface area contributed by atoms with Crippen LogP contribution in [0.25, 0.3) is 0 Å². The third-order valence-corrected chi connectivity index (χ3v) is 3.98. The number of rotatable bonds is 5. The van der Waals surface area contributed by atoms with E-state index in [9.17, 15) is 14.4 Å². The molecule has 0 bridgehead atoms. The van der Waals surface area contributed by atoms with Crippen LogP contribution >= 0.6 is 0 Å². The van der Waals surface area contributed by atoms with Crippen molar-refractivity contribution in [2.45, 2.75) is 46.6 Å². The van der Waals surface area contributed by atoms with Crippen molar-refractivity contribution in [3.63, 3.8) is 0 Å². The number of hydrogen-bond donors (Lipinski definition) is 0. The van der Waals surface area contributed by atoms with Gasteiger partial charge >= 0.3 is 11.9 Å². The Balaban J connectivity index is 3.41. The first-order valence-corrected chi connectivity index (χ1v) is 7.46. The van der Waals surface area contributed by atoms with Crippen LogP contribution in [0, 0.1) is 11.8 Å². The molecule has 0 unspecified atom stereocenters. The highest BCUT2D eigenvalue weighted by Gasteiger charge is 2.64. The summed E-state index contributed by atoms with van der Waals surface area (Å²) in [4.78, 5) is 38.5. The van der Waals surface area contributed by atoms with E-state index in [4.69, 9.17) is 9.47 Å². The van der Waals surface area contributed by atoms with Gasteiger partial charge in [-0.3, -0.25) is 4.79 Å². The molecule has 0 spiro atoms. The molecule has 0 saturated carbocycles. The average Bonchev–Trinajstić information content (AvgIpc) is 2.80. The van der Waals surface area contributed by atoms with Crippen LogP contribution in [-0.2, 0) is 23.9 Å². The van der Waals surface area contributed by atoms with E-state index in [2.05, 4.69) is 0 Å². The van der Waals surface area contributed by atoms with Crippen LogP contribution < -0.4 is 0 Å². The Hall–Kier alpha value is -1.59. The van der Waals surface area contributed by atoms with Gasteiger partial charge in [-0.05, 0) is 26.2 Å². The molecule has 1 rings (SSSR count). The number of esters is 2. The Bertz CT molecular complexity index is 400. The number of nitrogens with zero attached hydrogens (tertiary/aromatic N) is 1. The van der Waals surface area contributed by atoms with Crippen LogP contribution in [0.4, 0.5) is 0 Å². The molecule has 0 aliphatic carbocycles. The summed E-state index contributed by atoms with van der Waals surface area (Å²) < 4.78 is 10.2. The van der Waals surface area contributed by atoms with Crippen LogP contribution in [0.2, 0.25) is 0 Å². The van der Waals surface area contributed by atoms with E-state index in [0.29, 0.717) is 13.0 Å². The Morgan fingerprint density at radius 3 is 1.95 bits per heavy atom. The lowest BCUT2D eigenvalue weighted by atomic mass is 9.77. The maximum Gasteiger partial charge on any atom is 0.344 e. The summed E-state index contributed by atoms with van der Waals surface area (Å²) >= 11 is 0. The summed E-state index contributed by atoms with van der Waals surface area (Å²) in [6.07, 6.45) is 0.578. The van der Waals surface area contributed by atoms with Crippen molar-refractivity contribution in [2.75, 3.05) is 19.8 Å². The molecule has 1 atom stereocenters. The second kappa shape index (κ2) is 6.91. The molecule has 1 aliphatic rings. The standard InChI is InChI=1S/C15H25NO5/c1-6-20-13(18)15(14(19)21-7-2)12(10(3)4)8-9-16(15)11(5)17/h10,12H,6-9H2,1-5H3/t12-/m1/s1. The van der Waals surface area contributed by atoms with Gasteiger partial charge in [0, 0.05) is 19.4 Å². The van der Waals surface area contributed by atoms with Crippen molar-refractivity contribution in [1.82, 2.24) is 4.90 Å². The Morgan fingerprint density at radius 1 is 1.14 bits per heavy atom. The van der Waals surface area contributed by atoms with Crippen molar-refractivity contribution in [2.24, 2.45) is 11.8 Å². The average molecular weight is 299 g/mol. The summed E-state index contributed by atoms with van der Waals surface area (Å²) in [5.74, 6) is -1.95. The minimum atomic E-state index is -1.65. The molecule has 0 radical (unpaired) electrons. The predicted molar refractivity (Wildman–Crippen MR) is 76.3 cm³/mol. The van der Waals surface area contributed by atoms with Crippen LogP contribution in [0.1, 0.15) is 41.0 Å². The third-order valence-electron chi connectivity index (χ3n) is 3.98. The van der Waals surface area contributed by atoms with Gasteiger partial charge < -0.3 is 14.4 Å². The van der Waals surface area contributed by atoms with Gasteiger partial charge in [0.1, 0.15) is 0 Å². The zero-order valence-electron chi connectivity index (χ0n) is 13.5. The molecule has 1 aliphatic heterocycles. The summed E-state index contributed by atoms with van der Waals surface area (Å²) in [6.45, 7) is 9.23. The van der Waals surface area contributed by atoms with Crippen molar-refractivity contribution in [1.29, 1.82) is 0 Å². The van der Waals surface area contributed by atoms with E-state index in [1.807, 2.05) is 13.8 Å². The van der Waals surface area contributed by atoms with Gasteiger partial charge in [-0.15, -0.1) is 0 Å². The quantitative estimate of drug-likeness (QED) is 0.566. The lowest BCUT2D eigenvalue weighted by Crippen LogP contribution is -2.63. The van der Waals surface area contributed by atoms with Crippen LogP contribution in [0.5, 0.6) is 0 Å². The normalized spacial score (nSPS) is 20.5. The number of ether oxygens (including phenoxy) is 2. The zero-order valence-corrected chi connectivity index (χ0v) is 13.5. The first-order valence-electron chi connectivity index (χ1n) is 7.46. The van der Waals surface area contributed by atoms with Crippen LogP contribution in [0.15, 0.2) is 0 Å². The first-order chi connectivity index (χ1) is 9.83. The third kappa shape index (κ3) is 2.89. The fourth-order valence-corrected chi connectivity index (χ4v) is 3.16. The number of carbonyl (C=O) groups is 3. The molecule has 1 fully saturated rings. The Kier molecular flexibility index (Phi) is 5.75. The van der Waals surface area contributed by atoms with E-state index in [1.54, 1.807) is 13.8 Å². The molecule has 21 heavy (non-hydrogen) atoms. The molecule has 6 nitrogen and oxygen atoms in total. The highest BCUT2D eigenvalue weighted by Crippen LogP contribution is 2.42.